The molecule has 1 amide bonds. The SMILES string of the molecule is CC/C=C/C=C/C=C/CCCCCCCCCC(=O)OC(/C=C\CCCCCCCCCCCCC)C(COP(=O)([O-])OCC[N+](C)(C)C)NC(=O)CCCCCCCCCCC/C=C\C/C=C\C/C=C\C/C=C\CCCCC. The molecular formula is C69H123N2O7P. The van der Waals surface area contributed by atoms with E-state index in [-0.39, 0.29) is 24.9 Å². The van der Waals surface area contributed by atoms with E-state index in [1.807, 2.05) is 33.3 Å². The summed E-state index contributed by atoms with van der Waals surface area (Å²) < 4.78 is 30.3. The van der Waals surface area contributed by atoms with Crippen LogP contribution in [0.2, 0.25) is 0 Å². The Morgan fingerprint density at radius 1 is 0.468 bits per heavy atom. The number of nitrogens with zero attached hydrogens (tertiary/aromatic N) is 1. The van der Waals surface area contributed by atoms with Crippen LogP contribution in [0.5, 0.6) is 0 Å². The van der Waals surface area contributed by atoms with Gasteiger partial charge in [-0.1, -0.05) is 266 Å². The van der Waals surface area contributed by atoms with Gasteiger partial charge >= 0.3 is 5.97 Å². The summed E-state index contributed by atoms with van der Waals surface area (Å²) in [6.07, 6.45) is 78.0. The maximum Gasteiger partial charge on any atom is 0.306 e. The standard InChI is InChI=1S/C69H123N2O7P/c1-7-10-13-16-19-22-25-28-30-31-32-33-34-35-36-37-38-39-41-43-46-49-52-55-58-61-68(72)70-66(65-77-79(74,75)76-64-63-71(4,5)6)67(60-57-54-51-48-45-42-27-24-21-18-15-12-9-3)78-69(73)62-59-56-53-50-47-44-40-29-26-23-20-17-14-11-8-2/h11,14,17,19-20,22-23,26,28,30,32-33,35-36,57,60,66-67H,7-10,12-13,15-16,18,21,24-25,27,29,31,34,37-56,58-59,61-65H2,1-6H3,(H-,70,72,74,75)/b14-11+,20-17+,22-19-,26-23+,30-28-,33-32-,36-35-,60-57-. The molecule has 0 aromatic rings. The second kappa shape index (κ2) is 58.1. The van der Waals surface area contributed by atoms with Crippen LogP contribution in [0.15, 0.2) is 97.2 Å². The summed E-state index contributed by atoms with van der Waals surface area (Å²) in [7, 11) is 1.16. The Morgan fingerprint density at radius 3 is 1.34 bits per heavy atom. The van der Waals surface area contributed by atoms with Gasteiger partial charge in [0.15, 0.2) is 0 Å². The van der Waals surface area contributed by atoms with Crippen molar-refractivity contribution in [3.63, 3.8) is 0 Å². The molecule has 0 aromatic heterocycles. The van der Waals surface area contributed by atoms with E-state index in [0.717, 1.165) is 103 Å². The molecule has 10 heteroatoms. The zero-order valence-corrected chi connectivity index (χ0v) is 52.9. The molecule has 0 saturated carbocycles. The molecule has 0 bridgehead atoms. The van der Waals surface area contributed by atoms with E-state index in [1.54, 1.807) is 0 Å². The van der Waals surface area contributed by atoms with Gasteiger partial charge in [-0.25, -0.2) is 0 Å². The Hall–Kier alpha value is -3.07. The highest BCUT2D eigenvalue weighted by atomic mass is 31.2. The van der Waals surface area contributed by atoms with Crippen LogP contribution in [-0.4, -0.2) is 69.4 Å². The largest absolute Gasteiger partial charge is 0.756 e. The van der Waals surface area contributed by atoms with Crippen molar-refractivity contribution in [1.82, 2.24) is 5.32 Å². The molecule has 0 heterocycles. The van der Waals surface area contributed by atoms with Crippen molar-refractivity contribution in [2.45, 2.75) is 290 Å². The normalized spacial score (nSPS) is 14.3. The Bertz CT molecular complexity index is 1670. The van der Waals surface area contributed by atoms with Crippen molar-refractivity contribution >= 4 is 19.7 Å². The number of phosphoric acid groups is 1. The monoisotopic (exact) mass is 1120 g/mol. The van der Waals surface area contributed by atoms with E-state index in [9.17, 15) is 19.0 Å². The minimum atomic E-state index is -4.71. The molecule has 3 atom stereocenters. The fraction of sp³-hybridized carbons (Fsp3) is 0.739. The van der Waals surface area contributed by atoms with Crippen molar-refractivity contribution in [3.8, 4) is 0 Å². The number of likely N-dealkylation sites (N-methyl/N-ethyl adjacent to an activating group) is 1. The molecule has 1 N–H and O–H groups in total. The number of carbonyl (C=O) groups is 2. The van der Waals surface area contributed by atoms with Gasteiger partial charge in [-0.05, 0) is 96.0 Å². The lowest BCUT2D eigenvalue weighted by molar-refractivity contribution is -0.870. The lowest BCUT2D eigenvalue weighted by atomic mass is 10.0. The van der Waals surface area contributed by atoms with Crippen LogP contribution >= 0.6 is 7.82 Å². The maximum absolute atomic E-state index is 13.6. The Labute approximate surface area is 488 Å². The van der Waals surface area contributed by atoms with Crippen LogP contribution in [0.1, 0.15) is 278 Å². The number of phosphoric ester groups is 1. The van der Waals surface area contributed by atoms with E-state index >= 15 is 0 Å². The van der Waals surface area contributed by atoms with Gasteiger partial charge in [-0.2, -0.15) is 0 Å². The molecule has 0 radical (unpaired) electrons. The Kier molecular flexibility index (Phi) is 55.9. The first-order valence-corrected chi connectivity index (χ1v) is 34.0. The third kappa shape index (κ3) is 59.4. The molecule has 456 valence electrons. The number of quaternary nitrogens is 1. The number of hydrogen-bond donors (Lipinski definition) is 1. The number of ether oxygens (including phenoxy) is 1. The summed E-state index contributed by atoms with van der Waals surface area (Å²) in [4.78, 5) is 40.1. The Balaban J connectivity index is 5.19. The van der Waals surface area contributed by atoms with Crippen molar-refractivity contribution < 1.29 is 37.3 Å². The van der Waals surface area contributed by atoms with Crippen LogP contribution < -0.4 is 10.2 Å². The summed E-state index contributed by atoms with van der Waals surface area (Å²) in [5.74, 6) is -0.562. The summed E-state index contributed by atoms with van der Waals surface area (Å²) in [5.41, 5.74) is 0. The molecule has 0 aliphatic heterocycles. The number of rotatable bonds is 58. The van der Waals surface area contributed by atoms with E-state index in [1.165, 1.54) is 135 Å². The van der Waals surface area contributed by atoms with Crippen molar-refractivity contribution in [1.29, 1.82) is 0 Å². The van der Waals surface area contributed by atoms with Crippen LogP contribution in [0.4, 0.5) is 0 Å². The molecule has 0 rings (SSSR count). The predicted octanol–water partition coefficient (Wildman–Crippen LogP) is 19.7. The van der Waals surface area contributed by atoms with E-state index in [4.69, 9.17) is 13.8 Å². The molecule has 0 aliphatic rings. The molecule has 0 aromatic carbocycles. The van der Waals surface area contributed by atoms with Gasteiger partial charge in [-0.3, -0.25) is 14.2 Å². The van der Waals surface area contributed by atoms with E-state index in [0.29, 0.717) is 23.9 Å². The summed E-state index contributed by atoms with van der Waals surface area (Å²) in [5, 5.41) is 3.03. The third-order valence-corrected chi connectivity index (χ3v) is 15.0. The zero-order valence-electron chi connectivity index (χ0n) is 52.1. The lowest BCUT2D eigenvalue weighted by Crippen LogP contribution is -2.47. The quantitative estimate of drug-likeness (QED) is 0.0161. The van der Waals surface area contributed by atoms with Crippen molar-refractivity contribution in [2.75, 3.05) is 40.9 Å². The maximum atomic E-state index is 13.6. The fourth-order valence-electron chi connectivity index (χ4n) is 9.04. The average molecular weight is 1120 g/mol. The van der Waals surface area contributed by atoms with Crippen LogP contribution in [0.25, 0.3) is 0 Å². The lowest BCUT2D eigenvalue weighted by Gasteiger charge is -2.30. The second-order valence-electron chi connectivity index (χ2n) is 22.9. The molecule has 9 nitrogen and oxygen atoms in total. The van der Waals surface area contributed by atoms with Crippen molar-refractivity contribution in [3.05, 3.63) is 97.2 Å². The topological polar surface area (TPSA) is 114 Å². The number of hydrogen-bond acceptors (Lipinski definition) is 7. The molecule has 79 heavy (non-hydrogen) atoms. The predicted molar refractivity (Wildman–Crippen MR) is 339 cm³/mol. The first-order chi connectivity index (χ1) is 38.4. The fourth-order valence-corrected chi connectivity index (χ4v) is 9.76. The van der Waals surface area contributed by atoms with Gasteiger partial charge in [0.05, 0.1) is 33.8 Å². The van der Waals surface area contributed by atoms with Gasteiger partial charge in [0.2, 0.25) is 5.91 Å². The zero-order chi connectivity index (χ0) is 57.9. The van der Waals surface area contributed by atoms with Gasteiger partial charge in [0.25, 0.3) is 7.82 Å². The highest BCUT2D eigenvalue weighted by Crippen LogP contribution is 2.38. The average Bonchev–Trinajstić information content (AvgIpc) is 3.41. The smallest absolute Gasteiger partial charge is 0.306 e. The molecule has 0 aliphatic carbocycles. The number of carbonyl (C=O) groups excluding carboxylic acids is 2. The number of unbranched alkanes of at least 4 members (excludes halogenated alkanes) is 30. The molecule has 0 saturated heterocycles. The van der Waals surface area contributed by atoms with Crippen LogP contribution in [0, 0.1) is 0 Å². The third-order valence-electron chi connectivity index (χ3n) is 14.1. The minimum absolute atomic E-state index is 0.0298. The molecule has 0 fully saturated rings. The summed E-state index contributed by atoms with van der Waals surface area (Å²) >= 11 is 0. The second-order valence-corrected chi connectivity index (χ2v) is 24.4. The summed E-state index contributed by atoms with van der Waals surface area (Å²) in [6, 6.07) is -0.902. The molecule has 0 spiro atoms. The number of esters is 1. The number of amides is 1. The highest BCUT2D eigenvalue weighted by Gasteiger charge is 2.27. The molecule has 3 unspecified atom stereocenters. The van der Waals surface area contributed by atoms with Gasteiger partial charge in [0.1, 0.15) is 19.3 Å². The van der Waals surface area contributed by atoms with Crippen LogP contribution in [-0.2, 0) is 27.9 Å². The minimum Gasteiger partial charge on any atom is -0.756 e. The van der Waals surface area contributed by atoms with E-state index in [2.05, 4.69) is 111 Å². The van der Waals surface area contributed by atoms with Gasteiger partial charge in [-0.15, -0.1) is 0 Å². The van der Waals surface area contributed by atoms with Gasteiger partial charge in [0, 0.05) is 12.8 Å². The van der Waals surface area contributed by atoms with Crippen LogP contribution in [0.3, 0.4) is 0 Å². The van der Waals surface area contributed by atoms with Gasteiger partial charge < -0.3 is 28.5 Å². The first kappa shape index (κ1) is 75.9. The number of nitrogens with one attached hydrogen (secondary N) is 1. The first-order valence-electron chi connectivity index (χ1n) is 32.6. The summed E-state index contributed by atoms with van der Waals surface area (Å²) in [6.45, 7) is 6.68. The Morgan fingerprint density at radius 2 is 0.861 bits per heavy atom. The van der Waals surface area contributed by atoms with E-state index < -0.39 is 26.6 Å². The molecular weight excluding hydrogens is 1000 g/mol. The van der Waals surface area contributed by atoms with Crippen molar-refractivity contribution in [2.24, 2.45) is 0 Å². The highest BCUT2D eigenvalue weighted by molar-refractivity contribution is 7.45. The number of allylic oxidation sites excluding steroid dienone is 15.